The minimum atomic E-state index is -4.44. The summed E-state index contributed by atoms with van der Waals surface area (Å²) < 4.78 is 27.1. The molecule has 32 heavy (non-hydrogen) atoms. The van der Waals surface area contributed by atoms with Gasteiger partial charge >= 0.3 is 13.2 Å². The molecule has 3 heterocycles. The molecule has 12 nitrogen and oxygen atoms in total. The molecule has 2 aromatic heterocycles. The Kier molecular flexibility index (Phi) is 6.71. The molecule has 0 bridgehead atoms. The molecule has 3 rings (SSSR count). The Morgan fingerprint density at radius 3 is 2.53 bits per heavy atom. The molecule has 13 heteroatoms. The van der Waals surface area contributed by atoms with E-state index in [9.17, 15) is 29.6 Å². The van der Waals surface area contributed by atoms with Gasteiger partial charge in [-0.05, 0) is 26.7 Å². The van der Waals surface area contributed by atoms with E-state index in [0.29, 0.717) is 0 Å². The minimum absolute atomic E-state index is 0.0283. The van der Waals surface area contributed by atoms with Gasteiger partial charge in [0.05, 0.1) is 18.8 Å². The van der Waals surface area contributed by atoms with Crippen molar-refractivity contribution in [3.8, 4) is 0 Å². The third-order valence-electron chi connectivity index (χ3n) is 6.04. The summed E-state index contributed by atoms with van der Waals surface area (Å²) in [5.41, 5.74) is -1.11. The van der Waals surface area contributed by atoms with Crippen LogP contribution in [-0.4, -0.2) is 64.0 Å². The lowest BCUT2D eigenvalue weighted by Crippen LogP contribution is -2.46. The number of H-pyrrole nitrogens is 1. The second-order valence-corrected chi connectivity index (χ2v) is 10.9. The normalized spacial score (nSPS) is 26.5. The second-order valence-electron chi connectivity index (χ2n) is 8.85. The third-order valence-corrected chi connectivity index (χ3v) is 8.46. The fourth-order valence-electron chi connectivity index (χ4n) is 4.09. The molecule has 1 fully saturated rings. The highest BCUT2D eigenvalue weighted by atomic mass is 31.2. The Bertz CT molecular complexity index is 1080. The number of aromatic nitrogens is 4. The van der Waals surface area contributed by atoms with Crippen LogP contribution in [-0.2, 0) is 20.9 Å². The van der Waals surface area contributed by atoms with Gasteiger partial charge in [0.25, 0.3) is 5.56 Å². The lowest BCUT2D eigenvalue weighted by atomic mass is 9.97. The van der Waals surface area contributed by atoms with Gasteiger partial charge in [0, 0.05) is 6.42 Å². The quantitative estimate of drug-likeness (QED) is 0.261. The first kappa shape index (κ1) is 25.0. The van der Waals surface area contributed by atoms with Crippen LogP contribution in [0.5, 0.6) is 0 Å². The number of hydrogen-bond donors (Lipinski definition) is 5. The summed E-state index contributed by atoms with van der Waals surface area (Å²) in [6.45, 7) is 6.27. The predicted molar refractivity (Wildman–Crippen MR) is 113 cm³/mol. The molecule has 0 aromatic carbocycles. The molecule has 1 saturated heterocycles. The van der Waals surface area contributed by atoms with E-state index in [1.807, 2.05) is 0 Å². The number of aryl methyl sites for hydroxylation is 1. The fourth-order valence-corrected chi connectivity index (χ4v) is 5.81. The monoisotopic (exact) mass is 475 g/mol. The number of hydrogen-bond acceptors (Lipinski definition) is 8. The minimum Gasteiger partial charge on any atom is -0.387 e. The van der Waals surface area contributed by atoms with Crippen LogP contribution in [0.2, 0.25) is 0 Å². The van der Waals surface area contributed by atoms with Crippen LogP contribution in [0.1, 0.15) is 53.2 Å². The van der Waals surface area contributed by atoms with Crippen LogP contribution in [0.4, 0.5) is 0 Å². The van der Waals surface area contributed by atoms with Crippen LogP contribution in [0.25, 0.3) is 11.2 Å². The van der Waals surface area contributed by atoms with Crippen molar-refractivity contribution < 1.29 is 38.6 Å². The maximum Gasteiger partial charge on any atom is 0.359 e. The van der Waals surface area contributed by atoms with Crippen molar-refractivity contribution in [2.75, 3.05) is 0 Å². The zero-order valence-electron chi connectivity index (χ0n) is 18.8. The van der Waals surface area contributed by atoms with E-state index >= 15 is 0 Å². The standard InChI is InChI=1S/C19H31N4O8P/c1-6-19(27,7-2)32(28,29)31-18(3,4)8-11-13(24)14(25)17(30-11)23-10-22(5)12-15(23)20-9-21-16(12)26/h9-11,13-14,17,24-25,27H,6-8H2,1-5H3,(H-,20,21,26,28,29)/p+1. The fraction of sp³-hybridized carbons (Fsp3) is 0.737. The van der Waals surface area contributed by atoms with E-state index in [4.69, 9.17) is 9.26 Å². The Hall–Kier alpha value is -1.66. The average Bonchev–Trinajstić information content (AvgIpc) is 3.18. The number of aliphatic hydroxyl groups excluding tert-OH is 2. The summed E-state index contributed by atoms with van der Waals surface area (Å²) in [6, 6.07) is 0. The van der Waals surface area contributed by atoms with Crippen LogP contribution in [0.3, 0.4) is 0 Å². The number of ether oxygens (including phenoxy) is 1. The summed E-state index contributed by atoms with van der Waals surface area (Å²) in [7, 11) is -2.79. The number of imidazole rings is 1. The van der Waals surface area contributed by atoms with Gasteiger partial charge in [0.15, 0.2) is 18.0 Å². The molecule has 180 valence electrons. The molecule has 0 spiro atoms. The molecule has 0 radical (unpaired) electrons. The molecule has 2 aromatic rings. The molecule has 1 aliphatic rings. The van der Waals surface area contributed by atoms with Crippen molar-refractivity contribution in [2.45, 2.75) is 82.4 Å². The van der Waals surface area contributed by atoms with Crippen LogP contribution >= 0.6 is 7.60 Å². The molecule has 1 aliphatic heterocycles. The topological polar surface area (TPSA) is 171 Å². The highest BCUT2D eigenvalue weighted by molar-refractivity contribution is 7.54. The van der Waals surface area contributed by atoms with Crippen molar-refractivity contribution in [3.63, 3.8) is 0 Å². The number of nitrogens with zero attached hydrogens (tertiary/aromatic N) is 3. The number of fused-ring (bicyclic) bond motifs is 1. The second kappa shape index (κ2) is 8.60. The first-order valence-electron chi connectivity index (χ1n) is 10.5. The van der Waals surface area contributed by atoms with Gasteiger partial charge in [-0.25, -0.2) is 4.57 Å². The molecular formula is C19H32N4O8P+. The van der Waals surface area contributed by atoms with E-state index in [0.717, 1.165) is 0 Å². The van der Waals surface area contributed by atoms with Crippen LogP contribution in [0.15, 0.2) is 17.4 Å². The van der Waals surface area contributed by atoms with Gasteiger partial charge in [-0.1, -0.05) is 18.8 Å². The molecule has 5 unspecified atom stereocenters. The summed E-state index contributed by atoms with van der Waals surface area (Å²) in [5, 5.41) is 29.9. The highest BCUT2D eigenvalue weighted by Gasteiger charge is 2.52. The largest absolute Gasteiger partial charge is 0.387 e. The first-order valence-corrected chi connectivity index (χ1v) is 12.1. The summed E-state index contributed by atoms with van der Waals surface area (Å²) >= 11 is 0. The average molecular weight is 475 g/mol. The summed E-state index contributed by atoms with van der Waals surface area (Å²) in [5.74, 6) is 0. The Morgan fingerprint density at radius 1 is 1.31 bits per heavy atom. The molecule has 0 saturated carbocycles. The lowest BCUT2D eigenvalue weighted by Gasteiger charge is -2.37. The number of nitrogens with one attached hydrogen (secondary N) is 1. The van der Waals surface area contributed by atoms with Gasteiger partial charge in [-0.2, -0.15) is 0 Å². The molecular weight excluding hydrogens is 443 g/mol. The first-order chi connectivity index (χ1) is 14.8. The van der Waals surface area contributed by atoms with Crippen molar-refractivity contribution in [1.82, 2.24) is 14.5 Å². The Labute approximate surface area is 185 Å². The Balaban J connectivity index is 1.84. The van der Waals surface area contributed by atoms with Gasteiger partial charge in [-0.15, -0.1) is 0 Å². The summed E-state index contributed by atoms with van der Waals surface area (Å²) in [4.78, 5) is 29.2. The zero-order valence-corrected chi connectivity index (χ0v) is 19.7. The Morgan fingerprint density at radius 2 is 1.94 bits per heavy atom. The van der Waals surface area contributed by atoms with Gasteiger partial charge in [0.2, 0.25) is 11.7 Å². The van der Waals surface area contributed by atoms with E-state index in [-0.39, 0.29) is 36.0 Å². The van der Waals surface area contributed by atoms with Gasteiger partial charge in [0.1, 0.15) is 12.2 Å². The van der Waals surface area contributed by atoms with Crippen LogP contribution in [0, 0.1) is 0 Å². The van der Waals surface area contributed by atoms with E-state index < -0.39 is 43.1 Å². The van der Waals surface area contributed by atoms with Gasteiger partial charge < -0.3 is 29.5 Å². The maximum absolute atomic E-state index is 12.8. The maximum atomic E-state index is 12.8. The van der Waals surface area contributed by atoms with E-state index in [1.165, 1.54) is 21.8 Å². The van der Waals surface area contributed by atoms with Crippen molar-refractivity contribution in [1.29, 1.82) is 0 Å². The van der Waals surface area contributed by atoms with Crippen LogP contribution < -0.4 is 10.1 Å². The molecule has 0 aliphatic carbocycles. The molecule has 0 amide bonds. The van der Waals surface area contributed by atoms with Crippen molar-refractivity contribution >= 4 is 18.8 Å². The summed E-state index contributed by atoms with van der Waals surface area (Å²) in [6.07, 6.45) is -1.91. The number of aliphatic hydroxyl groups is 3. The lowest BCUT2D eigenvalue weighted by molar-refractivity contribution is -0.746. The van der Waals surface area contributed by atoms with Crippen molar-refractivity contribution in [2.24, 2.45) is 7.05 Å². The predicted octanol–water partition coefficient (Wildman–Crippen LogP) is 0.0476. The third kappa shape index (κ3) is 4.28. The van der Waals surface area contributed by atoms with E-state index in [2.05, 4.69) is 9.97 Å². The highest BCUT2D eigenvalue weighted by Crippen LogP contribution is 2.60. The SMILES string of the molecule is CCC(O)(CC)P(=O)(O)OC(C)(C)CC1OC([n+]2cn(C)c3c(=O)[nH]cnc32)C(O)C1O. The molecule has 5 N–H and O–H groups in total. The zero-order chi connectivity index (χ0) is 24.1. The van der Waals surface area contributed by atoms with Gasteiger partial charge in [-0.3, -0.25) is 18.9 Å². The number of rotatable bonds is 8. The van der Waals surface area contributed by atoms with E-state index in [1.54, 1.807) is 34.7 Å². The molecule has 5 atom stereocenters. The number of aromatic amines is 1. The smallest absolute Gasteiger partial charge is 0.359 e. The van der Waals surface area contributed by atoms with Crippen molar-refractivity contribution in [3.05, 3.63) is 23.0 Å².